The van der Waals surface area contributed by atoms with Crippen LogP contribution in [-0.4, -0.2) is 70.9 Å². The van der Waals surface area contributed by atoms with Gasteiger partial charge in [-0.25, -0.2) is 14.8 Å². The number of nitrogens with zero attached hydrogens (tertiary/aromatic N) is 4. The minimum Gasteiger partial charge on any atom is -0.465 e. The van der Waals surface area contributed by atoms with Gasteiger partial charge in [0.25, 0.3) is 11.8 Å². The van der Waals surface area contributed by atoms with E-state index in [-0.39, 0.29) is 30.5 Å². The summed E-state index contributed by atoms with van der Waals surface area (Å²) in [4.78, 5) is 58.5. The van der Waals surface area contributed by atoms with Crippen molar-refractivity contribution >= 4 is 17.9 Å². The highest BCUT2D eigenvalue weighted by Gasteiger charge is 2.37. The third-order valence-electron chi connectivity index (χ3n) is 10.6. The van der Waals surface area contributed by atoms with E-state index in [1.807, 2.05) is 29.3 Å². The van der Waals surface area contributed by atoms with Crippen LogP contribution in [0.3, 0.4) is 0 Å². The Balaban J connectivity index is 0.926. The predicted octanol–water partition coefficient (Wildman–Crippen LogP) is 7.28. The standard InChI is InChI=1S/C43H41N7O5/c51-26-27-10-12-33(13-11-27)41(52)49-22-4-8-36(49)39-44-24-34(46-39)30-18-14-28(15-19-30)29-16-20-31(21-17-29)35-25-45-40(47-35)37-9-5-23-50(37)42(53)38(48-43(54)55)32-6-2-1-3-7-32/h1-3,6-7,10-21,24-25,36-38,48,51H,4-5,8-9,22-23,26H2,(H,44,46)(H,45,47)(H,54,55)/t36-,37-,38+/m0/s1. The maximum Gasteiger partial charge on any atom is 0.405 e. The van der Waals surface area contributed by atoms with Gasteiger partial charge in [0.05, 0.1) is 42.5 Å². The van der Waals surface area contributed by atoms with Crippen LogP contribution >= 0.6 is 0 Å². The molecule has 2 saturated heterocycles. The second kappa shape index (κ2) is 15.4. The summed E-state index contributed by atoms with van der Waals surface area (Å²) in [5.74, 6) is 1.11. The molecule has 278 valence electrons. The number of aromatic nitrogens is 4. The van der Waals surface area contributed by atoms with Crippen LogP contribution in [0.1, 0.15) is 76.9 Å². The van der Waals surface area contributed by atoms with E-state index in [4.69, 9.17) is 0 Å². The maximum absolute atomic E-state index is 13.7. The van der Waals surface area contributed by atoms with Crippen molar-refractivity contribution in [1.82, 2.24) is 35.1 Å². The number of carboxylic acid groups (broad SMARTS) is 1. The lowest BCUT2D eigenvalue weighted by Gasteiger charge is -2.28. The van der Waals surface area contributed by atoms with E-state index >= 15 is 0 Å². The monoisotopic (exact) mass is 735 g/mol. The van der Waals surface area contributed by atoms with E-state index < -0.39 is 12.1 Å². The zero-order valence-electron chi connectivity index (χ0n) is 30.1. The van der Waals surface area contributed by atoms with Crippen LogP contribution in [0.15, 0.2) is 116 Å². The first-order valence-electron chi connectivity index (χ1n) is 18.5. The van der Waals surface area contributed by atoms with E-state index in [0.717, 1.165) is 70.7 Å². The fourth-order valence-corrected chi connectivity index (χ4v) is 7.74. The number of nitrogens with one attached hydrogen (secondary N) is 3. The first kappa shape index (κ1) is 35.5. The van der Waals surface area contributed by atoms with Crippen LogP contribution < -0.4 is 5.32 Å². The van der Waals surface area contributed by atoms with Gasteiger partial charge in [-0.2, -0.15) is 0 Å². The molecule has 3 amide bonds. The van der Waals surface area contributed by atoms with Crippen molar-refractivity contribution in [2.24, 2.45) is 0 Å². The number of benzene rings is 4. The van der Waals surface area contributed by atoms with Gasteiger partial charge in [-0.1, -0.05) is 91.0 Å². The Morgan fingerprint density at radius 2 is 1.20 bits per heavy atom. The Morgan fingerprint density at radius 3 is 1.73 bits per heavy atom. The number of carbonyl (C=O) groups is 3. The molecule has 0 radical (unpaired) electrons. The Hall–Kier alpha value is -6.53. The van der Waals surface area contributed by atoms with Gasteiger partial charge in [0.2, 0.25) is 0 Å². The summed E-state index contributed by atoms with van der Waals surface area (Å²) in [6, 6.07) is 31.1. The number of hydrogen-bond acceptors (Lipinski definition) is 6. The molecule has 6 aromatic rings. The number of amides is 3. The zero-order chi connectivity index (χ0) is 37.9. The van der Waals surface area contributed by atoms with E-state index in [1.54, 1.807) is 59.6 Å². The average molecular weight is 736 g/mol. The molecule has 0 bridgehead atoms. The first-order valence-corrected chi connectivity index (χ1v) is 18.5. The minimum absolute atomic E-state index is 0.0369. The summed E-state index contributed by atoms with van der Waals surface area (Å²) >= 11 is 0. The Labute approximate surface area is 317 Å². The predicted molar refractivity (Wildman–Crippen MR) is 206 cm³/mol. The van der Waals surface area contributed by atoms with Crippen molar-refractivity contribution in [3.05, 3.63) is 144 Å². The lowest BCUT2D eigenvalue weighted by molar-refractivity contribution is -0.134. The van der Waals surface area contributed by atoms with Gasteiger partial charge in [0.1, 0.15) is 17.7 Å². The second-order valence-corrected chi connectivity index (χ2v) is 14.0. The Kier molecular flexibility index (Phi) is 9.97. The third kappa shape index (κ3) is 7.36. The first-order chi connectivity index (χ1) is 26.9. The molecule has 8 rings (SSSR count). The maximum atomic E-state index is 13.7. The normalized spacial score (nSPS) is 17.3. The molecule has 2 aliphatic heterocycles. The summed E-state index contributed by atoms with van der Waals surface area (Å²) in [7, 11) is 0. The fraction of sp³-hybridized carbons (Fsp3) is 0.233. The topological polar surface area (TPSA) is 168 Å². The summed E-state index contributed by atoms with van der Waals surface area (Å²) in [6.07, 6.45) is 5.60. The van der Waals surface area contributed by atoms with Gasteiger partial charge in [-0.3, -0.25) is 9.59 Å². The number of rotatable bonds is 10. The molecule has 0 spiro atoms. The van der Waals surface area contributed by atoms with Crippen molar-refractivity contribution in [3.63, 3.8) is 0 Å². The summed E-state index contributed by atoms with van der Waals surface area (Å²) < 4.78 is 0. The molecule has 4 heterocycles. The molecule has 3 atom stereocenters. The number of aliphatic hydroxyl groups is 1. The van der Waals surface area contributed by atoms with Gasteiger partial charge in [-0.15, -0.1) is 0 Å². The van der Waals surface area contributed by atoms with Gasteiger partial charge in [0, 0.05) is 18.7 Å². The highest BCUT2D eigenvalue weighted by molar-refractivity contribution is 5.94. The lowest BCUT2D eigenvalue weighted by Crippen LogP contribution is -2.42. The average Bonchev–Trinajstić information content (AvgIpc) is 4.07. The number of carbonyl (C=O) groups excluding carboxylic acids is 2. The van der Waals surface area contributed by atoms with E-state index in [9.17, 15) is 24.6 Å². The van der Waals surface area contributed by atoms with Gasteiger partial charge in [0.15, 0.2) is 0 Å². The van der Waals surface area contributed by atoms with E-state index in [0.29, 0.717) is 30.0 Å². The minimum atomic E-state index is -1.25. The van der Waals surface area contributed by atoms with E-state index in [2.05, 4.69) is 61.7 Å². The third-order valence-corrected chi connectivity index (χ3v) is 10.6. The number of hydrogen-bond donors (Lipinski definition) is 5. The molecular formula is C43H41N7O5. The number of likely N-dealkylation sites (tertiary alicyclic amines) is 2. The molecule has 4 aromatic carbocycles. The highest BCUT2D eigenvalue weighted by Crippen LogP contribution is 2.36. The smallest absolute Gasteiger partial charge is 0.405 e. The Morgan fingerprint density at radius 1 is 0.691 bits per heavy atom. The SMILES string of the molecule is O=C(O)N[C@@H](C(=O)N1CCC[C@H]1c1ncc(-c2ccc(-c3ccc(-c4cnc([C@@H]5CCCN5C(=O)c5ccc(CO)cc5)[nH]4)cc3)cc2)[nH]1)c1ccccc1. The molecule has 2 aliphatic rings. The van der Waals surface area contributed by atoms with Gasteiger partial charge in [-0.05, 0) is 71.2 Å². The van der Waals surface area contributed by atoms with E-state index in [1.165, 1.54) is 0 Å². The van der Waals surface area contributed by atoms with Crippen molar-refractivity contribution in [3.8, 4) is 33.6 Å². The van der Waals surface area contributed by atoms with Gasteiger partial charge < -0.3 is 35.3 Å². The van der Waals surface area contributed by atoms with Crippen LogP contribution in [0.2, 0.25) is 0 Å². The molecule has 12 heteroatoms. The fourth-order valence-electron chi connectivity index (χ4n) is 7.74. The molecule has 55 heavy (non-hydrogen) atoms. The lowest BCUT2D eigenvalue weighted by atomic mass is 10.0. The second-order valence-electron chi connectivity index (χ2n) is 14.0. The van der Waals surface area contributed by atoms with Crippen LogP contribution in [0.5, 0.6) is 0 Å². The van der Waals surface area contributed by atoms with Crippen LogP contribution in [-0.2, 0) is 11.4 Å². The molecule has 2 fully saturated rings. The van der Waals surface area contributed by atoms with Crippen molar-refractivity contribution in [2.75, 3.05) is 13.1 Å². The summed E-state index contributed by atoms with van der Waals surface area (Å²) in [5, 5.41) is 21.2. The summed E-state index contributed by atoms with van der Waals surface area (Å²) in [5.41, 5.74) is 7.74. The van der Waals surface area contributed by atoms with Crippen LogP contribution in [0.25, 0.3) is 33.6 Å². The molecule has 2 aromatic heterocycles. The van der Waals surface area contributed by atoms with Crippen LogP contribution in [0.4, 0.5) is 4.79 Å². The molecule has 5 N–H and O–H groups in total. The molecule has 0 saturated carbocycles. The highest BCUT2D eigenvalue weighted by atomic mass is 16.4. The molecule has 0 unspecified atom stereocenters. The van der Waals surface area contributed by atoms with Gasteiger partial charge >= 0.3 is 6.09 Å². The number of imidazole rings is 2. The van der Waals surface area contributed by atoms with Crippen LogP contribution in [0, 0.1) is 0 Å². The van der Waals surface area contributed by atoms with Crippen molar-refractivity contribution in [1.29, 1.82) is 0 Å². The molecular weight excluding hydrogens is 695 g/mol. The molecule has 12 nitrogen and oxygen atoms in total. The van der Waals surface area contributed by atoms with Crippen molar-refractivity contribution in [2.45, 2.75) is 50.4 Å². The number of aromatic amines is 2. The van der Waals surface area contributed by atoms with Crippen molar-refractivity contribution < 1.29 is 24.6 Å². The largest absolute Gasteiger partial charge is 0.465 e. The zero-order valence-corrected chi connectivity index (χ0v) is 30.1. The summed E-state index contributed by atoms with van der Waals surface area (Å²) in [6.45, 7) is 1.13. The molecule has 0 aliphatic carbocycles. The number of H-pyrrole nitrogens is 2. The number of aliphatic hydroxyl groups excluding tert-OH is 1. The Bertz CT molecular complexity index is 2280. The quantitative estimate of drug-likeness (QED) is 0.0986.